The Morgan fingerprint density at radius 2 is 2.00 bits per heavy atom. The molecule has 0 spiro atoms. The molecule has 0 aliphatic carbocycles. The number of hydrogen-bond donors (Lipinski definition) is 0. The number of benzene rings is 1. The van der Waals surface area contributed by atoms with Crippen molar-refractivity contribution in [3.05, 3.63) is 30.3 Å². The molecule has 60 valence electrons. The van der Waals surface area contributed by atoms with E-state index >= 15 is 0 Å². The van der Waals surface area contributed by atoms with Crippen LogP contribution in [-0.4, -0.2) is 13.1 Å². The summed E-state index contributed by atoms with van der Waals surface area (Å²) in [5.41, 5.74) is 1.26. The van der Waals surface area contributed by atoms with Gasteiger partial charge < -0.3 is 4.90 Å². The summed E-state index contributed by atoms with van der Waals surface area (Å²) in [6, 6.07) is 11.1. The number of anilines is 1. The summed E-state index contributed by atoms with van der Waals surface area (Å²) in [7, 11) is 0. The molecule has 0 N–H and O–H groups in total. The SMILES string of the molecule is CCN(CC)c1c[c-]ccc1.[Li+]. The Balaban J connectivity index is 0.00000121. The molecule has 0 unspecified atom stereocenters. The van der Waals surface area contributed by atoms with Gasteiger partial charge in [-0.3, -0.25) is 0 Å². The first-order valence-corrected chi connectivity index (χ1v) is 4.09. The molecule has 1 rings (SSSR count). The molecule has 0 atom stereocenters. The minimum Gasteiger partial charge on any atom is -0.424 e. The summed E-state index contributed by atoms with van der Waals surface area (Å²) in [5, 5.41) is 0. The molecule has 1 aromatic carbocycles. The molecular formula is C10H14LiN. The second-order valence-electron chi connectivity index (χ2n) is 2.43. The molecular weight excluding hydrogens is 141 g/mol. The van der Waals surface area contributed by atoms with Crippen molar-refractivity contribution in [2.24, 2.45) is 0 Å². The average Bonchev–Trinajstić information content (AvgIpc) is 2.09. The fourth-order valence-corrected chi connectivity index (χ4v) is 1.17. The molecule has 12 heavy (non-hydrogen) atoms. The molecule has 1 aromatic rings. The third-order valence-corrected chi connectivity index (χ3v) is 1.82. The van der Waals surface area contributed by atoms with Crippen LogP contribution in [0.15, 0.2) is 24.3 Å². The number of rotatable bonds is 3. The van der Waals surface area contributed by atoms with Crippen molar-refractivity contribution >= 4 is 5.69 Å². The van der Waals surface area contributed by atoms with Gasteiger partial charge in [0.15, 0.2) is 0 Å². The van der Waals surface area contributed by atoms with E-state index in [4.69, 9.17) is 0 Å². The minimum atomic E-state index is 0. The molecule has 1 nitrogen and oxygen atoms in total. The monoisotopic (exact) mass is 155 g/mol. The third-order valence-electron chi connectivity index (χ3n) is 1.82. The van der Waals surface area contributed by atoms with E-state index < -0.39 is 0 Å². The van der Waals surface area contributed by atoms with Gasteiger partial charge >= 0.3 is 18.9 Å². The van der Waals surface area contributed by atoms with Crippen LogP contribution in [0.25, 0.3) is 0 Å². The second-order valence-corrected chi connectivity index (χ2v) is 2.43. The molecule has 0 bridgehead atoms. The zero-order valence-electron chi connectivity index (χ0n) is 8.17. The Kier molecular flexibility index (Phi) is 5.97. The van der Waals surface area contributed by atoms with Crippen LogP contribution in [0.3, 0.4) is 0 Å². The van der Waals surface area contributed by atoms with Gasteiger partial charge in [0.2, 0.25) is 0 Å². The zero-order chi connectivity index (χ0) is 8.10. The van der Waals surface area contributed by atoms with Crippen LogP contribution in [0.5, 0.6) is 0 Å². The van der Waals surface area contributed by atoms with E-state index in [1.165, 1.54) is 5.69 Å². The van der Waals surface area contributed by atoms with Crippen LogP contribution >= 0.6 is 0 Å². The van der Waals surface area contributed by atoms with Crippen molar-refractivity contribution in [1.29, 1.82) is 0 Å². The van der Waals surface area contributed by atoms with Crippen molar-refractivity contribution in [1.82, 2.24) is 0 Å². The van der Waals surface area contributed by atoms with E-state index in [0.29, 0.717) is 0 Å². The average molecular weight is 155 g/mol. The molecule has 0 heterocycles. The van der Waals surface area contributed by atoms with Gasteiger partial charge in [0, 0.05) is 13.1 Å². The molecule has 2 heteroatoms. The summed E-state index contributed by atoms with van der Waals surface area (Å²) in [6.45, 7) is 6.45. The maximum atomic E-state index is 3.07. The van der Waals surface area contributed by atoms with Crippen LogP contribution in [0.2, 0.25) is 0 Å². The van der Waals surface area contributed by atoms with E-state index in [0.717, 1.165) is 13.1 Å². The van der Waals surface area contributed by atoms with Crippen LogP contribution in [0.4, 0.5) is 5.69 Å². The van der Waals surface area contributed by atoms with E-state index in [-0.39, 0.29) is 18.9 Å². The summed E-state index contributed by atoms with van der Waals surface area (Å²) in [4.78, 5) is 2.30. The molecule has 0 aliphatic heterocycles. The van der Waals surface area contributed by atoms with E-state index in [1.807, 2.05) is 18.2 Å². The number of hydrogen-bond acceptors (Lipinski definition) is 1. The Labute approximate surface area is 86.9 Å². The van der Waals surface area contributed by atoms with Gasteiger partial charge in [-0.2, -0.15) is 24.3 Å². The quantitative estimate of drug-likeness (QED) is 0.413. The summed E-state index contributed by atoms with van der Waals surface area (Å²) in [5.74, 6) is 0. The van der Waals surface area contributed by atoms with Crippen molar-refractivity contribution < 1.29 is 18.9 Å². The smallest absolute Gasteiger partial charge is 0.424 e. The Morgan fingerprint density at radius 3 is 2.42 bits per heavy atom. The third kappa shape index (κ3) is 2.93. The number of nitrogens with zero attached hydrogens (tertiary/aromatic N) is 1. The molecule has 0 aliphatic rings. The predicted molar refractivity (Wildman–Crippen MR) is 48.8 cm³/mol. The van der Waals surface area contributed by atoms with E-state index in [1.54, 1.807) is 0 Å². The topological polar surface area (TPSA) is 3.24 Å². The van der Waals surface area contributed by atoms with Crippen molar-refractivity contribution in [3.8, 4) is 0 Å². The van der Waals surface area contributed by atoms with Crippen molar-refractivity contribution in [2.45, 2.75) is 13.8 Å². The van der Waals surface area contributed by atoms with Gasteiger partial charge in [-0.1, -0.05) is 5.69 Å². The summed E-state index contributed by atoms with van der Waals surface area (Å²) in [6.07, 6.45) is 0. The minimum absolute atomic E-state index is 0. The fourth-order valence-electron chi connectivity index (χ4n) is 1.17. The maximum absolute atomic E-state index is 3.07. The largest absolute Gasteiger partial charge is 1.00 e. The second kappa shape index (κ2) is 6.17. The first-order chi connectivity index (χ1) is 5.38. The van der Waals surface area contributed by atoms with Gasteiger partial charge in [0.1, 0.15) is 0 Å². The normalized spacial score (nSPS) is 8.83. The van der Waals surface area contributed by atoms with E-state index in [2.05, 4.69) is 30.9 Å². The Morgan fingerprint density at radius 1 is 1.33 bits per heavy atom. The Bertz CT molecular complexity index is 194. The summed E-state index contributed by atoms with van der Waals surface area (Å²) >= 11 is 0. The van der Waals surface area contributed by atoms with Gasteiger partial charge in [-0.05, 0) is 13.8 Å². The molecule has 0 aromatic heterocycles. The standard InChI is InChI=1S/C10H14N.Li/c1-3-11(4-2)10-8-6-5-7-9-10;/h5-6,8-9H,3-4H2,1-2H3;/q-1;+1. The zero-order valence-corrected chi connectivity index (χ0v) is 8.17. The van der Waals surface area contributed by atoms with Crippen molar-refractivity contribution in [2.75, 3.05) is 18.0 Å². The van der Waals surface area contributed by atoms with Crippen LogP contribution in [0, 0.1) is 6.07 Å². The first kappa shape index (κ1) is 11.6. The molecule has 0 radical (unpaired) electrons. The summed E-state index contributed by atoms with van der Waals surface area (Å²) < 4.78 is 0. The first-order valence-electron chi connectivity index (χ1n) is 4.09. The Hall–Kier alpha value is -0.383. The fraction of sp³-hybridized carbons (Fsp3) is 0.400. The van der Waals surface area contributed by atoms with E-state index in [9.17, 15) is 0 Å². The molecule has 0 saturated heterocycles. The molecule has 0 amide bonds. The van der Waals surface area contributed by atoms with Gasteiger partial charge in [0.05, 0.1) is 0 Å². The van der Waals surface area contributed by atoms with Gasteiger partial charge in [0.25, 0.3) is 0 Å². The van der Waals surface area contributed by atoms with Gasteiger partial charge in [-0.15, -0.1) is 6.07 Å². The van der Waals surface area contributed by atoms with Crippen LogP contribution in [0.1, 0.15) is 13.8 Å². The van der Waals surface area contributed by atoms with Crippen molar-refractivity contribution in [3.63, 3.8) is 0 Å². The molecule has 0 fully saturated rings. The van der Waals surface area contributed by atoms with Gasteiger partial charge in [-0.25, -0.2) is 0 Å². The predicted octanol–water partition coefficient (Wildman–Crippen LogP) is -0.663. The molecule has 0 saturated carbocycles. The maximum Gasteiger partial charge on any atom is 1.00 e. The van der Waals surface area contributed by atoms with Crippen LogP contribution < -0.4 is 23.8 Å². The van der Waals surface area contributed by atoms with Crippen LogP contribution in [-0.2, 0) is 0 Å².